The number of hydrogen-bond acceptors (Lipinski definition) is 5. The minimum atomic E-state index is -0.408. The highest BCUT2D eigenvalue weighted by molar-refractivity contribution is 5.86. The van der Waals surface area contributed by atoms with Crippen LogP contribution in [0.1, 0.15) is 91.9 Å². The Kier molecular flexibility index (Phi) is 14.6. The van der Waals surface area contributed by atoms with Gasteiger partial charge in [-0.15, -0.1) is 0 Å². The first-order valence-electron chi connectivity index (χ1n) is 10.4. The van der Waals surface area contributed by atoms with Crippen LogP contribution >= 0.6 is 0 Å². The molecule has 0 aromatic heterocycles. The van der Waals surface area contributed by atoms with Crippen LogP contribution in [0.15, 0.2) is 0 Å². The highest BCUT2D eigenvalue weighted by Gasteiger charge is 2.18. The van der Waals surface area contributed by atoms with Crippen LogP contribution in [0.4, 0.5) is 0 Å². The Labute approximate surface area is 164 Å². The summed E-state index contributed by atoms with van der Waals surface area (Å²) in [6.07, 6.45) is 6.21. The number of carbonyl (C=O) groups is 4. The quantitative estimate of drug-likeness (QED) is 0.377. The van der Waals surface area contributed by atoms with Crippen molar-refractivity contribution < 1.29 is 19.2 Å². The molecule has 0 radical (unpaired) electrons. The van der Waals surface area contributed by atoms with Gasteiger partial charge in [-0.1, -0.05) is 26.7 Å². The lowest BCUT2D eigenvalue weighted by Crippen LogP contribution is -2.39. The normalized spacial score (nSPS) is 12.0. The van der Waals surface area contributed by atoms with Crippen LogP contribution in [-0.4, -0.2) is 41.9 Å². The predicted molar refractivity (Wildman–Crippen MR) is 108 cm³/mol. The van der Waals surface area contributed by atoms with Crippen molar-refractivity contribution in [3.63, 3.8) is 0 Å². The fourth-order valence-corrected chi connectivity index (χ4v) is 2.79. The van der Waals surface area contributed by atoms with Gasteiger partial charge in [0.15, 0.2) is 0 Å². The second-order valence-electron chi connectivity index (χ2n) is 7.36. The molecule has 0 aliphatic heterocycles. The van der Waals surface area contributed by atoms with E-state index in [0.29, 0.717) is 38.5 Å². The van der Waals surface area contributed by atoms with Crippen molar-refractivity contribution >= 4 is 23.3 Å². The van der Waals surface area contributed by atoms with E-state index in [-0.39, 0.29) is 35.8 Å². The molecule has 0 unspecified atom stereocenters. The van der Waals surface area contributed by atoms with Crippen molar-refractivity contribution in [2.45, 2.75) is 104 Å². The molecule has 0 saturated carbocycles. The zero-order valence-corrected chi connectivity index (χ0v) is 17.6. The topological polar surface area (TPSA) is 92.3 Å². The molecule has 0 aliphatic rings. The van der Waals surface area contributed by atoms with Gasteiger partial charge in [0.1, 0.15) is 17.3 Å². The summed E-state index contributed by atoms with van der Waals surface area (Å²) in [6.45, 7) is 7.66. The summed E-state index contributed by atoms with van der Waals surface area (Å²) < 4.78 is 0. The lowest BCUT2D eigenvalue weighted by atomic mass is 10.0. The van der Waals surface area contributed by atoms with Crippen LogP contribution in [-0.2, 0) is 19.2 Å². The average molecular weight is 383 g/mol. The second-order valence-corrected chi connectivity index (χ2v) is 7.36. The molecule has 156 valence electrons. The van der Waals surface area contributed by atoms with E-state index in [1.807, 2.05) is 20.8 Å². The van der Waals surface area contributed by atoms with Gasteiger partial charge in [0.2, 0.25) is 5.91 Å². The SMILES string of the molecule is CCC(=O)CC[C@H](NCC(=O)CCCCCCC(=O)NC(C)C)C(=O)CC. The van der Waals surface area contributed by atoms with Crippen molar-refractivity contribution in [3.8, 4) is 0 Å². The molecule has 0 heterocycles. The molecule has 0 aromatic rings. The summed E-state index contributed by atoms with van der Waals surface area (Å²) in [5, 5.41) is 5.89. The van der Waals surface area contributed by atoms with Gasteiger partial charge in [-0.05, 0) is 33.1 Å². The third-order valence-electron chi connectivity index (χ3n) is 4.45. The van der Waals surface area contributed by atoms with Gasteiger partial charge in [-0.3, -0.25) is 19.2 Å². The molecular formula is C21H38N2O4. The number of carbonyl (C=O) groups excluding carboxylic acids is 4. The minimum absolute atomic E-state index is 0.0476. The molecule has 0 aromatic carbocycles. The molecule has 1 atom stereocenters. The number of rotatable bonds is 17. The third-order valence-corrected chi connectivity index (χ3v) is 4.45. The predicted octanol–water partition coefficient (Wildman–Crippen LogP) is 3.12. The molecule has 6 nitrogen and oxygen atoms in total. The van der Waals surface area contributed by atoms with E-state index in [9.17, 15) is 19.2 Å². The zero-order valence-electron chi connectivity index (χ0n) is 17.6. The highest BCUT2D eigenvalue weighted by Crippen LogP contribution is 2.07. The Morgan fingerprint density at radius 3 is 1.96 bits per heavy atom. The van der Waals surface area contributed by atoms with Crippen molar-refractivity contribution in [1.29, 1.82) is 0 Å². The van der Waals surface area contributed by atoms with Gasteiger partial charge in [0.05, 0.1) is 12.6 Å². The summed E-state index contributed by atoms with van der Waals surface area (Å²) in [4.78, 5) is 46.9. The summed E-state index contributed by atoms with van der Waals surface area (Å²) >= 11 is 0. The lowest BCUT2D eigenvalue weighted by Gasteiger charge is -2.16. The fraction of sp³-hybridized carbons (Fsp3) is 0.810. The summed E-state index contributed by atoms with van der Waals surface area (Å²) in [5.74, 6) is 0.354. The van der Waals surface area contributed by atoms with Crippen LogP contribution < -0.4 is 10.6 Å². The number of amides is 1. The van der Waals surface area contributed by atoms with Crippen molar-refractivity contribution in [3.05, 3.63) is 0 Å². The highest BCUT2D eigenvalue weighted by atomic mass is 16.2. The van der Waals surface area contributed by atoms with E-state index in [1.54, 1.807) is 6.92 Å². The molecule has 0 aliphatic carbocycles. The van der Waals surface area contributed by atoms with E-state index in [1.165, 1.54) is 0 Å². The van der Waals surface area contributed by atoms with E-state index in [2.05, 4.69) is 10.6 Å². The number of hydrogen-bond donors (Lipinski definition) is 2. The summed E-state index contributed by atoms with van der Waals surface area (Å²) in [7, 11) is 0. The average Bonchev–Trinajstić information content (AvgIpc) is 2.62. The van der Waals surface area contributed by atoms with Crippen LogP contribution in [0.5, 0.6) is 0 Å². The maximum absolute atomic E-state index is 12.0. The Hall–Kier alpha value is -1.56. The maximum atomic E-state index is 12.0. The Morgan fingerprint density at radius 2 is 1.41 bits per heavy atom. The van der Waals surface area contributed by atoms with E-state index in [4.69, 9.17) is 0 Å². The molecule has 0 spiro atoms. The van der Waals surface area contributed by atoms with Gasteiger partial charge in [0, 0.05) is 38.1 Å². The van der Waals surface area contributed by atoms with Gasteiger partial charge < -0.3 is 10.6 Å². The maximum Gasteiger partial charge on any atom is 0.220 e. The van der Waals surface area contributed by atoms with Crippen molar-refractivity contribution in [2.75, 3.05) is 6.54 Å². The smallest absolute Gasteiger partial charge is 0.220 e. The zero-order chi connectivity index (χ0) is 20.7. The summed E-state index contributed by atoms with van der Waals surface area (Å²) in [5.41, 5.74) is 0. The molecule has 0 bridgehead atoms. The molecule has 6 heteroatoms. The van der Waals surface area contributed by atoms with Crippen LogP contribution in [0.25, 0.3) is 0 Å². The van der Waals surface area contributed by atoms with Gasteiger partial charge in [-0.25, -0.2) is 0 Å². The van der Waals surface area contributed by atoms with Crippen molar-refractivity contribution in [2.24, 2.45) is 0 Å². The first kappa shape index (κ1) is 25.4. The first-order chi connectivity index (χ1) is 12.8. The molecule has 0 saturated heterocycles. The Bertz CT molecular complexity index is 475. The monoisotopic (exact) mass is 382 g/mol. The lowest BCUT2D eigenvalue weighted by molar-refractivity contribution is -0.123. The number of ketones is 3. The molecular weight excluding hydrogens is 344 g/mol. The van der Waals surface area contributed by atoms with Crippen LogP contribution in [0.2, 0.25) is 0 Å². The van der Waals surface area contributed by atoms with Crippen LogP contribution in [0.3, 0.4) is 0 Å². The van der Waals surface area contributed by atoms with E-state index >= 15 is 0 Å². The largest absolute Gasteiger partial charge is 0.354 e. The van der Waals surface area contributed by atoms with Gasteiger partial charge >= 0.3 is 0 Å². The summed E-state index contributed by atoms with van der Waals surface area (Å²) in [6, 6.07) is -0.236. The minimum Gasteiger partial charge on any atom is -0.354 e. The Balaban J connectivity index is 3.93. The van der Waals surface area contributed by atoms with Crippen molar-refractivity contribution in [1.82, 2.24) is 10.6 Å². The molecule has 2 N–H and O–H groups in total. The second kappa shape index (κ2) is 15.5. The van der Waals surface area contributed by atoms with Gasteiger partial charge in [0.25, 0.3) is 0 Å². The molecule has 1 amide bonds. The molecule has 27 heavy (non-hydrogen) atoms. The fourth-order valence-electron chi connectivity index (χ4n) is 2.79. The molecule has 0 rings (SSSR count). The number of nitrogens with one attached hydrogen (secondary N) is 2. The first-order valence-corrected chi connectivity index (χ1v) is 10.4. The van der Waals surface area contributed by atoms with E-state index in [0.717, 1.165) is 25.7 Å². The van der Waals surface area contributed by atoms with Crippen LogP contribution in [0, 0.1) is 0 Å². The number of Topliss-reactive ketones (excluding diaryl/α,β-unsaturated/α-hetero) is 3. The number of unbranched alkanes of at least 4 members (excludes halogenated alkanes) is 3. The molecule has 0 fully saturated rings. The standard InChI is InChI=1S/C21H38N2O4/c1-5-17(24)13-14-19(20(26)6-2)22-15-18(25)11-9-7-8-10-12-21(27)23-16(3)4/h16,19,22H,5-15H2,1-4H3,(H,23,27)/t19-/m0/s1. The van der Waals surface area contributed by atoms with Gasteiger partial charge in [-0.2, -0.15) is 0 Å². The third kappa shape index (κ3) is 14.2. The Morgan fingerprint density at radius 1 is 0.778 bits per heavy atom. The van der Waals surface area contributed by atoms with E-state index < -0.39 is 6.04 Å².